The van der Waals surface area contributed by atoms with Gasteiger partial charge in [-0.25, -0.2) is 0 Å². The van der Waals surface area contributed by atoms with Crippen LogP contribution in [0.25, 0.3) is 0 Å². The number of piperazine rings is 1. The summed E-state index contributed by atoms with van der Waals surface area (Å²) in [5.41, 5.74) is 5.23. The van der Waals surface area contributed by atoms with Crippen molar-refractivity contribution in [3.63, 3.8) is 0 Å². The van der Waals surface area contributed by atoms with Crippen molar-refractivity contribution < 1.29 is 4.74 Å². The van der Waals surface area contributed by atoms with Crippen LogP contribution < -0.4 is 9.64 Å². The van der Waals surface area contributed by atoms with E-state index in [0.29, 0.717) is 12.2 Å². The molecular formula is C27H25Cl2N3O. The van der Waals surface area contributed by atoms with Crippen LogP contribution >= 0.6 is 23.2 Å². The van der Waals surface area contributed by atoms with Crippen molar-refractivity contribution in [2.45, 2.75) is 25.4 Å². The molecule has 2 atom stereocenters. The molecule has 4 nitrogen and oxygen atoms in total. The maximum atomic E-state index is 9.27. The van der Waals surface area contributed by atoms with Gasteiger partial charge in [-0.1, -0.05) is 47.5 Å². The largest absolute Gasteiger partial charge is 0.493 e. The highest BCUT2D eigenvalue weighted by atomic mass is 35.5. The number of anilines is 1. The number of fused-ring (bicyclic) bond motifs is 1. The van der Waals surface area contributed by atoms with Gasteiger partial charge in [0.1, 0.15) is 5.75 Å². The van der Waals surface area contributed by atoms with Crippen LogP contribution in [0.4, 0.5) is 5.69 Å². The van der Waals surface area contributed by atoms with Crippen molar-refractivity contribution >= 4 is 28.9 Å². The van der Waals surface area contributed by atoms with Crippen LogP contribution in [0.5, 0.6) is 5.75 Å². The van der Waals surface area contributed by atoms with Crippen molar-refractivity contribution in [3.05, 3.63) is 93.0 Å². The number of nitriles is 1. The van der Waals surface area contributed by atoms with Gasteiger partial charge >= 0.3 is 0 Å². The second-order valence-corrected chi connectivity index (χ2v) is 9.57. The van der Waals surface area contributed by atoms with E-state index in [2.05, 4.69) is 53.1 Å². The molecule has 1 saturated heterocycles. The standard InChI is InChI=1S/C27H25Cl2N3O/c1-18-2-9-25(23(29)14-18)32-12-11-31(17-26(32)20-4-6-21(28)7-5-20)24-10-13-33-27-15-19(16-30)3-8-22(24)27/h2-9,14-15,24,26H,10-13,17H2,1H3/t24?,26-/m1/s1. The SMILES string of the molecule is Cc1ccc(N2CCN(C3CCOc4cc(C#N)ccc43)C[C@@H]2c2ccc(Cl)cc2)c(Cl)c1. The number of aryl methyl sites for hydroxylation is 1. The molecule has 5 rings (SSSR count). The van der Waals surface area contributed by atoms with Crippen LogP contribution in [0.2, 0.25) is 10.0 Å². The zero-order chi connectivity index (χ0) is 22.9. The van der Waals surface area contributed by atoms with Gasteiger partial charge in [0, 0.05) is 42.7 Å². The van der Waals surface area contributed by atoms with Crippen molar-refractivity contribution in [1.29, 1.82) is 5.26 Å². The van der Waals surface area contributed by atoms with Crippen molar-refractivity contribution in [3.8, 4) is 11.8 Å². The Morgan fingerprint density at radius 3 is 2.55 bits per heavy atom. The number of nitrogens with zero attached hydrogens (tertiary/aromatic N) is 3. The van der Waals surface area contributed by atoms with E-state index in [0.717, 1.165) is 58.7 Å². The summed E-state index contributed by atoms with van der Waals surface area (Å²) in [5, 5.41) is 10.8. The Hall–Kier alpha value is -2.71. The van der Waals surface area contributed by atoms with Crippen molar-refractivity contribution in [2.75, 3.05) is 31.1 Å². The van der Waals surface area contributed by atoms with E-state index in [1.807, 2.05) is 30.3 Å². The van der Waals surface area contributed by atoms with Crippen LogP contribution in [0.15, 0.2) is 60.7 Å². The van der Waals surface area contributed by atoms with Gasteiger partial charge in [0.25, 0.3) is 0 Å². The second kappa shape index (κ2) is 9.27. The van der Waals surface area contributed by atoms with Gasteiger partial charge < -0.3 is 9.64 Å². The van der Waals surface area contributed by atoms with Crippen LogP contribution in [0.1, 0.15) is 40.8 Å². The zero-order valence-corrected chi connectivity index (χ0v) is 20.0. The zero-order valence-electron chi connectivity index (χ0n) is 18.5. The van der Waals surface area contributed by atoms with E-state index in [1.54, 1.807) is 0 Å². The summed E-state index contributed by atoms with van der Waals surface area (Å²) in [6, 6.07) is 22.8. The minimum absolute atomic E-state index is 0.140. The van der Waals surface area contributed by atoms with Crippen LogP contribution in [-0.2, 0) is 0 Å². The molecule has 33 heavy (non-hydrogen) atoms. The summed E-state index contributed by atoms with van der Waals surface area (Å²) < 4.78 is 5.91. The third-order valence-corrected chi connectivity index (χ3v) is 7.23. The first-order chi connectivity index (χ1) is 16.0. The Kier molecular flexibility index (Phi) is 6.21. The van der Waals surface area contributed by atoms with E-state index in [-0.39, 0.29) is 12.1 Å². The van der Waals surface area contributed by atoms with Crippen molar-refractivity contribution in [2.24, 2.45) is 0 Å². The number of halogens is 2. The lowest BCUT2D eigenvalue weighted by atomic mass is 9.94. The van der Waals surface area contributed by atoms with Crippen LogP contribution in [-0.4, -0.2) is 31.1 Å². The van der Waals surface area contributed by atoms with E-state index in [9.17, 15) is 5.26 Å². The second-order valence-electron chi connectivity index (χ2n) is 8.73. The molecule has 1 fully saturated rings. The first-order valence-electron chi connectivity index (χ1n) is 11.2. The van der Waals surface area contributed by atoms with Gasteiger partial charge in [0.15, 0.2) is 0 Å². The van der Waals surface area contributed by atoms with E-state index in [4.69, 9.17) is 27.9 Å². The van der Waals surface area contributed by atoms with E-state index < -0.39 is 0 Å². The molecule has 0 aromatic heterocycles. The predicted octanol–water partition coefficient (Wildman–Crippen LogP) is 6.56. The normalized spacial score (nSPS) is 20.6. The van der Waals surface area contributed by atoms with Gasteiger partial charge in [-0.05, 0) is 54.4 Å². The average molecular weight is 478 g/mol. The third kappa shape index (κ3) is 4.42. The van der Waals surface area contributed by atoms with Gasteiger partial charge in [-0.2, -0.15) is 5.26 Å². The fraction of sp³-hybridized carbons (Fsp3) is 0.296. The number of benzene rings is 3. The lowest BCUT2D eigenvalue weighted by Gasteiger charge is -2.47. The molecule has 0 radical (unpaired) electrons. The fourth-order valence-electron chi connectivity index (χ4n) is 5.01. The topological polar surface area (TPSA) is 39.5 Å². The highest BCUT2D eigenvalue weighted by Gasteiger charge is 2.35. The number of hydrogen-bond donors (Lipinski definition) is 0. The summed E-state index contributed by atoms with van der Waals surface area (Å²) in [6.07, 6.45) is 0.928. The molecule has 6 heteroatoms. The van der Waals surface area contributed by atoms with Gasteiger partial charge in [-0.15, -0.1) is 0 Å². The number of rotatable bonds is 3. The molecule has 2 aliphatic rings. The molecule has 0 amide bonds. The molecule has 0 bridgehead atoms. The van der Waals surface area contributed by atoms with E-state index in [1.165, 1.54) is 5.56 Å². The van der Waals surface area contributed by atoms with Crippen LogP contribution in [0.3, 0.4) is 0 Å². The maximum Gasteiger partial charge on any atom is 0.125 e. The first-order valence-corrected chi connectivity index (χ1v) is 12.0. The Labute approximate surface area is 204 Å². The smallest absolute Gasteiger partial charge is 0.125 e. The Morgan fingerprint density at radius 2 is 1.79 bits per heavy atom. The molecular weight excluding hydrogens is 453 g/mol. The molecule has 0 N–H and O–H groups in total. The highest BCUT2D eigenvalue weighted by Crippen LogP contribution is 2.41. The first kappa shape index (κ1) is 22.1. The monoisotopic (exact) mass is 477 g/mol. The molecule has 168 valence electrons. The molecule has 0 saturated carbocycles. The maximum absolute atomic E-state index is 9.27. The molecule has 0 spiro atoms. The molecule has 3 aromatic carbocycles. The minimum atomic E-state index is 0.140. The average Bonchev–Trinajstić information content (AvgIpc) is 2.83. The fourth-order valence-corrected chi connectivity index (χ4v) is 5.48. The molecule has 2 heterocycles. The lowest BCUT2D eigenvalue weighted by molar-refractivity contribution is 0.117. The summed E-state index contributed by atoms with van der Waals surface area (Å²) in [5.74, 6) is 0.831. The van der Waals surface area contributed by atoms with Crippen molar-refractivity contribution in [1.82, 2.24) is 4.90 Å². The molecule has 1 unspecified atom stereocenters. The Balaban J connectivity index is 1.49. The summed E-state index contributed by atoms with van der Waals surface area (Å²) in [4.78, 5) is 4.96. The summed E-state index contributed by atoms with van der Waals surface area (Å²) >= 11 is 12.9. The predicted molar refractivity (Wildman–Crippen MR) is 133 cm³/mol. The van der Waals surface area contributed by atoms with Crippen LogP contribution in [0, 0.1) is 18.3 Å². The van der Waals surface area contributed by atoms with Gasteiger partial charge in [0.05, 0.1) is 35.0 Å². The highest BCUT2D eigenvalue weighted by molar-refractivity contribution is 6.33. The van der Waals surface area contributed by atoms with Gasteiger partial charge in [0.2, 0.25) is 0 Å². The molecule has 0 aliphatic carbocycles. The molecule has 2 aliphatic heterocycles. The minimum Gasteiger partial charge on any atom is -0.493 e. The quantitative estimate of drug-likeness (QED) is 0.428. The Bertz CT molecular complexity index is 1200. The number of hydrogen-bond acceptors (Lipinski definition) is 4. The molecule has 3 aromatic rings. The number of ether oxygens (including phenoxy) is 1. The summed E-state index contributed by atoms with van der Waals surface area (Å²) in [6.45, 7) is 5.35. The lowest BCUT2D eigenvalue weighted by Crippen LogP contribution is -2.50. The summed E-state index contributed by atoms with van der Waals surface area (Å²) in [7, 11) is 0. The third-order valence-electron chi connectivity index (χ3n) is 6.67. The van der Waals surface area contributed by atoms with Gasteiger partial charge in [-0.3, -0.25) is 4.90 Å². The van der Waals surface area contributed by atoms with E-state index >= 15 is 0 Å². The Morgan fingerprint density at radius 1 is 0.970 bits per heavy atom.